The summed E-state index contributed by atoms with van der Waals surface area (Å²) >= 11 is 0. The van der Waals surface area contributed by atoms with Crippen molar-refractivity contribution in [1.82, 2.24) is 9.62 Å². The molecule has 1 aliphatic rings. The van der Waals surface area contributed by atoms with Gasteiger partial charge in [-0.25, -0.2) is 8.42 Å². The smallest absolute Gasteiger partial charge is 0.243 e. The number of methoxy groups -OCH3 is 2. The van der Waals surface area contributed by atoms with Crippen molar-refractivity contribution in [3.8, 4) is 11.5 Å². The molecule has 1 aliphatic heterocycles. The molecule has 0 saturated carbocycles. The van der Waals surface area contributed by atoms with Crippen LogP contribution in [0.1, 0.15) is 24.8 Å². The number of rotatable bonds is 9. The van der Waals surface area contributed by atoms with Gasteiger partial charge in [0.05, 0.1) is 19.1 Å². The number of sulfonamides is 1. The first-order valence-corrected chi connectivity index (χ1v) is 11.9. The van der Waals surface area contributed by atoms with Crippen molar-refractivity contribution in [2.45, 2.75) is 30.6 Å². The fourth-order valence-corrected chi connectivity index (χ4v) is 5.28. The maximum absolute atomic E-state index is 12.7. The molecule has 3 rings (SSSR count). The maximum atomic E-state index is 12.7. The van der Waals surface area contributed by atoms with Crippen LogP contribution in [-0.2, 0) is 21.2 Å². The van der Waals surface area contributed by atoms with E-state index in [0.717, 1.165) is 18.4 Å². The number of carbonyl (C=O) groups excluding carboxylic acids is 1. The van der Waals surface area contributed by atoms with Crippen LogP contribution in [0.5, 0.6) is 11.5 Å². The Labute approximate surface area is 184 Å². The SMILES string of the molecule is COc1ccc(CCCNC(=O)C2CCN(S(=O)(=O)c3ccccc3)CC2)cc1OC. The molecule has 0 radical (unpaired) electrons. The van der Waals surface area contributed by atoms with E-state index in [1.165, 1.54) is 4.31 Å². The lowest BCUT2D eigenvalue weighted by Gasteiger charge is -2.30. The lowest BCUT2D eigenvalue weighted by Crippen LogP contribution is -2.43. The summed E-state index contributed by atoms with van der Waals surface area (Å²) in [5.41, 5.74) is 1.12. The van der Waals surface area contributed by atoms with Crippen LogP contribution in [0.4, 0.5) is 0 Å². The molecule has 0 unspecified atom stereocenters. The number of benzene rings is 2. The summed E-state index contributed by atoms with van der Waals surface area (Å²) in [6.45, 7) is 1.30. The number of nitrogens with one attached hydrogen (secondary N) is 1. The van der Waals surface area contributed by atoms with Gasteiger partial charge >= 0.3 is 0 Å². The molecule has 0 aromatic heterocycles. The molecule has 2 aromatic rings. The fraction of sp³-hybridized carbons (Fsp3) is 0.435. The molecule has 0 aliphatic carbocycles. The number of aryl methyl sites for hydroxylation is 1. The largest absolute Gasteiger partial charge is 0.493 e. The molecular weight excluding hydrogens is 416 g/mol. The molecule has 0 bridgehead atoms. The number of carbonyl (C=O) groups is 1. The van der Waals surface area contributed by atoms with Gasteiger partial charge in [-0.15, -0.1) is 0 Å². The third kappa shape index (κ3) is 5.77. The molecular formula is C23H30N2O5S. The predicted octanol–water partition coefficient (Wildman–Crippen LogP) is 2.85. The van der Waals surface area contributed by atoms with E-state index >= 15 is 0 Å². The zero-order valence-electron chi connectivity index (χ0n) is 18.0. The van der Waals surface area contributed by atoms with Crippen LogP contribution < -0.4 is 14.8 Å². The first-order chi connectivity index (χ1) is 15.0. The summed E-state index contributed by atoms with van der Waals surface area (Å²) in [6, 6.07) is 14.3. The number of amides is 1. The average Bonchev–Trinajstić information content (AvgIpc) is 2.82. The van der Waals surface area contributed by atoms with Gasteiger partial charge in [0.1, 0.15) is 0 Å². The Morgan fingerprint density at radius 2 is 1.71 bits per heavy atom. The van der Waals surface area contributed by atoms with Crippen LogP contribution >= 0.6 is 0 Å². The van der Waals surface area contributed by atoms with Crippen molar-refractivity contribution in [3.05, 3.63) is 54.1 Å². The van der Waals surface area contributed by atoms with Crippen LogP contribution in [0.15, 0.2) is 53.4 Å². The second kappa shape index (κ2) is 10.6. The molecule has 1 fully saturated rings. The highest BCUT2D eigenvalue weighted by Gasteiger charge is 2.31. The van der Waals surface area contributed by atoms with Gasteiger partial charge in [-0.3, -0.25) is 4.79 Å². The highest BCUT2D eigenvalue weighted by Crippen LogP contribution is 2.28. The lowest BCUT2D eigenvalue weighted by molar-refractivity contribution is -0.126. The molecule has 2 aromatic carbocycles. The molecule has 8 heteroatoms. The van der Waals surface area contributed by atoms with Gasteiger partial charge in [0, 0.05) is 25.6 Å². The van der Waals surface area contributed by atoms with Crippen LogP contribution in [0.25, 0.3) is 0 Å². The minimum Gasteiger partial charge on any atom is -0.493 e. The second-order valence-electron chi connectivity index (χ2n) is 7.58. The van der Waals surface area contributed by atoms with Crippen molar-refractivity contribution in [2.75, 3.05) is 33.9 Å². The van der Waals surface area contributed by atoms with Gasteiger partial charge in [-0.1, -0.05) is 24.3 Å². The second-order valence-corrected chi connectivity index (χ2v) is 9.51. The summed E-state index contributed by atoms with van der Waals surface area (Å²) in [4.78, 5) is 12.8. The van der Waals surface area contributed by atoms with Crippen molar-refractivity contribution in [1.29, 1.82) is 0 Å². The first kappa shape index (κ1) is 23.1. The highest BCUT2D eigenvalue weighted by atomic mass is 32.2. The van der Waals surface area contributed by atoms with Crippen LogP contribution in [-0.4, -0.2) is 52.5 Å². The quantitative estimate of drug-likeness (QED) is 0.599. The van der Waals surface area contributed by atoms with E-state index in [1.807, 2.05) is 18.2 Å². The zero-order chi connectivity index (χ0) is 22.3. The van der Waals surface area contributed by atoms with E-state index in [9.17, 15) is 13.2 Å². The average molecular weight is 447 g/mol. The Kier molecular flexibility index (Phi) is 7.92. The van der Waals surface area contributed by atoms with E-state index in [2.05, 4.69) is 5.32 Å². The molecule has 1 amide bonds. The standard InChI is InChI=1S/C23H30N2O5S/c1-29-21-11-10-18(17-22(21)30-2)7-6-14-24-23(26)19-12-15-25(16-13-19)31(27,28)20-8-4-3-5-9-20/h3-5,8-11,17,19H,6-7,12-16H2,1-2H3,(H,24,26). The van der Waals surface area contributed by atoms with Crippen molar-refractivity contribution < 1.29 is 22.7 Å². The van der Waals surface area contributed by atoms with E-state index in [0.29, 0.717) is 48.9 Å². The zero-order valence-corrected chi connectivity index (χ0v) is 18.9. The number of hydrogen-bond donors (Lipinski definition) is 1. The molecule has 31 heavy (non-hydrogen) atoms. The third-order valence-electron chi connectivity index (χ3n) is 5.60. The molecule has 0 spiro atoms. The Morgan fingerprint density at radius 1 is 1.03 bits per heavy atom. The summed E-state index contributed by atoms with van der Waals surface area (Å²) in [5.74, 6) is 1.24. The number of ether oxygens (including phenoxy) is 2. The third-order valence-corrected chi connectivity index (χ3v) is 7.51. The summed E-state index contributed by atoms with van der Waals surface area (Å²) in [6.07, 6.45) is 2.69. The number of piperidine rings is 1. The van der Waals surface area contributed by atoms with Gasteiger partial charge < -0.3 is 14.8 Å². The molecule has 7 nitrogen and oxygen atoms in total. The van der Waals surface area contributed by atoms with E-state index < -0.39 is 10.0 Å². The first-order valence-electron chi connectivity index (χ1n) is 10.5. The van der Waals surface area contributed by atoms with Gasteiger partial charge in [0.15, 0.2) is 11.5 Å². The van der Waals surface area contributed by atoms with Crippen molar-refractivity contribution >= 4 is 15.9 Å². The Balaban J connectivity index is 1.42. The summed E-state index contributed by atoms with van der Waals surface area (Å²) in [5, 5.41) is 3.00. The highest BCUT2D eigenvalue weighted by molar-refractivity contribution is 7.89. The van der Waals surface area contributed by atoms with Crippen LogP contribution in [0.2, 0.25) is 0 Å². The molecule has 1 heterocycles. The topological polar surface area (TPSA) is 84.9 Å². The van der Waals surface area contributed by atoms with Gasteiger partial charge in [0.25, 0.3) is 0 Å². The van der Waals surface area contributed by atoms with Crippen LogP contribution in [0.3, 0.4) is 0 Å². The van der Waals surface area contributed by atoms with E-state index in [4.69, 9.17) is 9.47 Å². The van der Waals surface area contributed by atoms with E-state index in [-0.39, 0.29) is 11.8 Å². The Bertz CT molecular complexity index is 971. The minimum atomic E-state index is -3.49. The predicted molar refractivity (Wildman–Crippen MR) is 119 cm³/mol. The lowest BCUT2D eigenvalue weighted by atomic mass is 9.97. The molecule has 1 saturated heterocycles. The molecule has 0 atom stereocenters. The van der Waals surface area contributed by atoms with Crippen LogP contribution in [0, 0.1) is 5.92 Å². The van der Waals surface area contributed by atoms with Crippen molar-refractivity contribution in [3.63, 3.8) is 0 Å². The maximum Gasteiger partial charge on any atom is 0.243 e. The van der Waals surface area contributed by atoms with E-state index in [1.54, 1.807) is 44.6 Å². The summed E-state index contributed by atoms with van der Waals surface area (Å²) < 4.78 is 37.4. The summed E-state index contributed by atoms with van der Waals surface area (Å²) in [7, 11) is -0.276. The number of hydrogen-bond acceptors (Lipinski definition) is 5. The molecule has 1 N–H and O–H groups in total. The fourth-order valence-electron chi connectivity index (χ4n) is 3.78. The van der Waals surface area contributed by atoms with Gasteiger partial charge in [-0.2, -0.15) is 4.31 Å². The van der Waals surface area contributed by atoms with Gasteiger partial charge in [0.2, 0.25) is 15.9 Å². The number of nitrogens with zero attached hydrogens (tertiary/aromatic N) is 1. The van der Waals surface area contributed by atoms with Crippen molar-refractivity contribution in [2.24, 2.45) is 5.92 Å². The normalized spacial score (nSPS) is 15.4. The Morgan fingerprint density at radius 3 is 2.35 bits per heavy atom. The monoisotopic (exact) mass is 446 g/mol. The molecule has 168 valence electrons. The Hall–Kier alpha value is -2.58. The minimum absolute atomic E-state index is 0.00377. The van der Waals surface area contributed by atoms with Gasteiger partial charge in [-0.05, 0) is 55.5 Å².